The number of aryl methyl sites for hydroxylation is 1. The Labute approximate surface area is 111 Å². The van der Waals surface area contributed by atoms with Crippen LogP contribution in [0.15, 0.2) is 49.1 Å². The fourth-order valence-corrected chi connectivity index (χ4v) is 2.21. The predicted octanol–water partition coefficient (Wildman–Crippen LogP) is 2.47. The summed E-state index contributed by atoms with van der Waals surface area (Å²) in [4.78, 5) is 8.43. The number of pyridine rings is 1. The van der Waals surface area contributed by atoms with Gasteiger partial charge in [-0.1, -0.05) is 18.2 Å². The Bertz CT molecular complexity index is 705. The van der Waals surface area contributed by atoms with E-state index in [2.05, 4.69) is 9.97 Å². The maximum absolute atomic E-state index is 10.3. The van der Waals surface area contributed by atoms with Crippen molar-refractivity contribution in [1.29, 1.82) is 0 Å². The van der Waals surface area contributed by atoms with Crippen molar-refractivity contribution in [2.75, 3.05) is 0 Å². The maximum Gasteiger partial charge on any atom is 0.0984 e. The highest BCUT2D eigenvalue weighted by Crippen LogP contribution is 2.18. The van der Waals surface area contributed by atoms with Gasteiger partial charge in [0.2, 0.25) is 0 Å². The van der Waals surface area contributed by atoms with Gasteiger partial charge in [-0.2, -0.15) is 0 Å². The maximum atomic E-state index is 10.3. The van der Waals surface area contributed by atoms with Gasteiger partial charge in [0.05, 0.1) is 30.0 Å². The molecule has 1 N–H and O–H groups in total. The molecule has 0 saturated heterocycles. The summed E-state index contributed by atoms with van der Waals surface area (Å²) in [7, 11) is 0. The van der Waals surface area contributed by atoms with E-state index in [1.54, 1.807) is 18.7 Å². The van der Waals surface area contributed by atoms with Gasteiger partial charge in [0, 0.05) is 18.0 Å². The summed E-state index contributed by atoms with van der Waals surface area (Å²) >= 11 is 0. The first kappa shape index (κ1) is 11.9. The number of hydrogen-bond acceptors (Lipinski definition) is 3. The highest BCUT2D eigenvalue weighted by molar-refractivity contribution is 5.74. The molecule has 2 aromatic heterocycles. The van der Waals surface area contributed by atoms with E-state index in [-0.39, 0.29) is 0 Å². The first-order valence-electron chi connectivity index (χ1n) is 6.23. The second-order valence-corrected chi connectivity index (χ2v) is 4.70. The lowest BCUT2D eigenvalue weighted by atomic mass is 10.1. The van der Waals surface area contributed by atoms with Crippen LogP contribution in [0.3, 0.4) is 0 Å². The van der Waals surface area contributed by atoms with Crippen LogP contribution in [-0.4, -0.2) is 19.6 Å². The topological polar surface area (TPSA) is 50.9 Å². The van der Waals surface area contributed by atoms with Gasteiger partial charge < -0.3 is 9.67 Å². The van der Waals surface area contributed by atoms with Gasteiger partial charge in [0.25, 0.3) is 0 Å². The van der Waals surface area contributed by atoms with Crippen molar-refractivity contribution in [3.63, 3.8) is 0 Å². The third-order valence-corrected chi connectivity index (χ3v) is 3.18. The van der Waals surface area contributed by atoms with Gasteiger partial charge in [-0.15, -0.1) is 0 Å². The number of aliphatic hydroxyl groups excluding tert-OH is 1. The summed E-state index contributed by atoms with van der Waals surface area (Å²) in [5.41, 5.74) is 3.85. The van der Waals surface area contributed by atoms with Crippen molar-refractivity contribution in [2.24, 2.45) is 0 Å². The van der Waals surface area contributed by atoms with Crippen LogP contribution in [-0.2, 0) is 6.54 Å². The monoisotopic (exact) mass is 253 g/mol. The van der Waals surface area contributed by atoms with Crippen molar-refractivity contribution in [3.8, 4) is 0 Å². The van der Waals surface area contributed by atoms with Crippen LogP contribution in [0.4, 0.5) is 0 Å². The quantitative estimate of drug-likeness (QED) is 0.780. The van der Waals surface area contributed by atoms with Crippen LogP contribution in [0.2, 0.25) is 0 Å². The Hall–Kier alpha value is -2.20. The molecule has 0 fully saturated rings. The van der Waals surface area contributed by atoms with Crippen LogP contribution in [0.25, 0.3) is 11.0 Å². The van der Waals surface area contributed by atoms with Crippen molar-refractivity contribution >= 4 is 11.0 Å². The predicted molar refractivity (Wildman–Crippen MR) is 73.7 cm³/mol. The molecule has 1 atom stereocenters. The third kappa shape index (κ3) is 2.35. The van der Waals surface area contributed by atoms with E-state index in [1.807, 2.05) is 41.8 Å². The normalized spacial score (nSPS) is 12.7. The summed E-state index contributed by atoms with van der Waals surface area (Å²) in [5.74, 6) is 0. The fourth-order valence-electron chi connectivity index (χ4n) is 2.21. The Morgan fingerprint density at radius 2 is 2.11 bits per heavy atom. The van der Waals surface area contributed by atoms with E-state index in [1.165, 1.54) is 0 Å². The van der Waals surface area contributed by atoms with E-state index < -0.39 is 6.10 Å². The zero-order valence-electron chi connectivity index (χ0n) is 10.7. The molecule has 1 aromatic carbocycles. The Morgan fingerprint density at radius 1 is 1.26 bits per heavy atom. The second-order valence-electron chi connectivity index (χ2n) is 4.70. The molecule has 1 unspecified atom stereocenters. The molecule has 4 nitrogen and oxygen atoms in total. The van der Waals surface area contributed by atoms with Gasteiger partial charge >= 0.3 is 0 Å². The molecule has 0 aliphatic carbocycles. The number of aromatic nitrogens is 3. The minimum atomic E-state index is -0.579. The summed E-state index contributed by atoms with van der Waals surface area (Å²) < 4.78 is 1.96. The van der Waals surface area contributed by atoms with Gasteiger partial charge in [-0.25, -0.2) is 4.98 Å². The number of para-hydroxylation sites is 2. The standard InChI is InChI=1S/C15H15N3O/c1-11-6-12(8-16-7-11)15(19)9-18-10-17-13-4-2-3-5-14(13)18/h2-8,10,15,19H,9H2,1H3. The average molecular weight is 253 g/mol. The van der Waals surface area contributed by atoms with E-state index in [9.17, 15) is 5.11 Å². The number of benzene rings is 1. The first-order chi connectivity index (χ1) is 9.24. The molecule has 0 radical (unpaired) electrons. The van der Waals surface area contributed by atoms with Crippen LogP contribution in [0.5, 0.6) is 0 Å². The summed E-state index contributed by atoms with van der Waals surface area (Å²) in [5, 5.41) is 10.3. The van der Waals surface area contributed by atoms with E-state index >= 15 is 0 Å². The molecule has 96 valence electrons. The number of imidazole rings is 1. The molecule has 3 rings (SSSR count). The largest absolute Gasteiger partial charge is 0.386 e. The lowest BCUT2D eigenvalue weighted by Gasteiger charge is -2.12. The molecule has 0 bridgehead atoms. The summed E-state index contributed by atoms with van der Waals surface area (Å²) in [6, 6.07) is 9.86. The number of rotatable bonds is 3. The second kappa shape index (κ2) is 4.82. The van der Waals surface area contributed by atoms with E-state index in [0.717, 1.165) is 22.2 Å². The molecule has 0 saturated carbocycles. The van der Waals surface area contributed by atoms with Crippen molar-refractivity contribution in [3.05, 3.63) is 60.2 Å². The lowest BCUT2D eigenvalue weighted by Crippen LogP contribution is -2.08. The SMILES string of the molecule is Cc1cncc(C(O)Cn2cnc3ccccc32)c1. The summed E-state index contributed by atoms with van der Waals surface area (Å²) in [6.07, 6.45) is 4.67. The van der Waals surface area contributed by atoms with E-state index in [0.29, 0.717) is 6.54 Å². The van der Waals surface area contributed by atoms with Gasteiger partial charge in [-0.3, -0.25) is 4.98 Å². The third-order valence-electron chi connectivity index (χ3n) is 3.18. The number of nitrogens with zero attached hydrogens (tertiary/aromatic N) is 3. The molecule has 0 spiro atoms. The van der Waals surface area contributed by atoms with Crippen LogP contribution in [0.1, 0.15) is 17.2 Å². The van der Waals surface area contributed by atoms with Crippen molar-refractivity contribution < 1.29 is 5.11 Å². The Morgan fingerprint density at radius 3 is 2.95 bits per heavy atom. The average Bonchev–Trinajstić information content (AvgIpc) is 2.82. The Kier molecular flexibility index (Phi) is 3.01. The molecule has 4 heteroatoms. The van der Waals surface area contributed by atoms with E-state index in [4.69, 9.17) is 0 Å². The molecule has 2 heterocycles. The van der Waals surface area contributed by atoms with Crippen LogP contribution >= 0.6 is 0 Å². The molecule has 0 amide bonds. The van der Waals surface area contributed by atoms with Crippen LogP contribution < -0.4 is 0 Å². The zero-order valence-corrected chi connectivity index (χ0v) is 10.7. The van der Waals surface area contributed by atoms with Gasteiger partial charge in [0.15, 0.2) is 0 Å². The molecular weight excluding hydrogens is 238 g/mol. The smallest absolute Gasteiger partial charge is 0.0984 e. The first-order valence-corrected chi connectivity index (χ1v) is 6.23. The number of aliphatic hydroxyl groups is 1. The van der Waals surface area contributed by atoms with Crippen LogP contribution in [0, 0.1) is 6.92 Å². The minimum Gasteiger partial charge on any atom is -0.386 e. The molecule has 19 heavy (non-hydrogen) atoms. The van der Waals surface area contributed by atoms with Crippen molar-refractivity contribution in [2.45, 2.75) is 19.6 Å². The van der Waals surface area contributed by atoms with Gasteiger partial charge in [0.1, 0.15) is 0 Å². The van der Waals surface area contributed by atoms with Crippen molar-refractivity contribution in [1.82, 2.24) is 14.5 Å². The highest BCUT2D eigenvalue weighted by atomic mass is 16.3. The lowest BCUT2D eigenvalue weighted by molar-refractivity contribution is 0.157. The number of fused-ring (bicyclic) bond motifs is 1. The molecule has 0 aliphatic rings. The number of hydrogen-bond donors (Lipinski definition) is 1. The molecule has 0 aliphatic heterocycles. The van der Waals surface area contributed by atoms with Gasteiger partial charge in [-0.05, 0) is 24.6 Å². The molecule has 3 aromatic rings. The zero-order chi connectivity index (χ0) is 13.2. The Balaban J connectivity index is 1.89. The minimum absolute atomic E-state index is 0.478. The fraction of sp³-hybridized carbons (Fsp3) is 0.200. The summed E-state index contributed by atoms with van der Waals surface area (Å²) in [6.45, 7) is 2.45. The highest BCUT2D eigenvalue weighted by Gasteiger charge is 2.11. The molecular formula is C15H15N3O.